The average Bonchev–Trinajstić information content (AvgIpc) is 2.64. The van der Waals surface area contributed by atoms with E-state index in [1.807, 2.05) is 72.8 Å². The van der Waals surface area contributed by atoms with Gasteiger partial charge in [-0.3, -0.25) is 0 Å². The van der Waals surface area contributed by atoms with Crippen LogP contribution in [0.1, 0.15) is 0 Å². The SMILES string of the molecule is Oc1cccc2c(O)c(-c3ccccc3)c(-c3ccccc3)cc12. The zero-order valence-corrected chi connectivity index (χ0v) is 13.0. The highest BCUT2D eigenvalue weighted by Crippen LogP contribution is 2.45. The summed E-state index contributed by atoms with van der Waals surface area (Å²) < 4.78 is 0. The van der Waals surface area contributed by atoms with E-state index in [0.29, 0.717) is 10.8 Å². The van der Waals surface area contributed by atoms with Gasteiger partial charge in [-0.2, -0.15) is 0 Å². The predicted octanol–water partition coefficient (Wildman–Crippen LogP) is 5.59. The molecule has 0 fully saturated rings. The van der Waals surface area contributed by atoms with Crippen molar-refractivity contribution < 1.29 is 10.2 Å². The first kappa shape index (κ1) is 14.3. The van der Waals surface area contributed by atoms with E-state index in [1.54, 1.807) is 12.1 Å². The quantitative estimate of drug-likeness (QED) is 0.507. The van der Waals surface area contributed by atoms with Crippen LogP contribution in [0.4, 0.5) is 0 Å². The summed E-state index contributed by atoms with van der Waals surface area (Å²) in [5.74, 6) is 0.355. The van der Waals surface area contributed by atoms with Gasteiger partial charge in [-0.15, -0.1) is 0 Å². The van der Waals surface area contributed by atoms with E-state index in [9.17, 15) is 10.2 Å². The van der Waals surface area contributed by atoms with Crippen LogP contribution in [0.2, 0.25) is 0 Å². The van der Waals surface area contributed by atoms with Crippen LogP contribution in [0, 0.1) is 0 Å². The monoisotopic (exact) mass is 312 g/mol. The smallest absolute Gasteiger partial charge is 0.131 e. The molecule has 0 radical (unpaired) electrons. The van der Waals surface area contributed by atoms with Crippen molar-refractivity contribution in [3.05, 3.63) is 84.9 Å². The Morgan fingerprint density at radius 3 is 1.83 bits per heavy atom. The lowest BCUT2D eigenvalue weighted by atomic mass is 9.90. The molecule has 2 heteroatoms. The molecule has 0 aliphatic heterocycles. The maximum absolute atomic E-state index is 11.0. The third-order valence-corrected chi connectivity index (χ3v) is 4.28. The fourth-order valence-corrected chi connectivity index (χ4v) is 3.13. The molecule has 0 aliphatic carbocycles. The minimum Gasteiger partial charge on any atom is -0.507 e. The van der Waals surface area contributed by atoms with Gasteiger partial charge in [0.05, 0.1) is 0 Å². The fraction of sp³-hybridized carbons (Fsp3) is 0. The highest BCUT2D eigenvalue weighted by atomic mass is 16.3. The van der Waals surface area contributed by atoms with E-state index in [-0.39, 0.29) is 11.5 Å². The van der Waals surface area contributed by atoms with Crippen molar-refractivity contribution in [2.24, 2.45) is 0 Å². The maximum atomic E-state index is 11.0. The van der Waals surface area contributed by atoms with Crippen LogP contribution >= 0.6 is 0 Å². The lowest BCUT2D eigenvalue weighted by molar-refractivity contribution is 0.476. The Labute approximate surface area is 140 Å². The van der Waals surface area contributed by atoms with E-state index in [4.69, 9.17) is 0 Å². The van der Waals surface area contributed by atoms with Gasteiger partial charge in [0.25, 0.3) is 0 Å². The molecule has 2 N–H and O–H groups in total. The number of benzene rings is 4. The first-order valence-corrected chi connectivity index (χ1v) is 7.84. The van der Waals surface area contributed by atoms with Gasteiger partial charge in [-0.1, -0.05) is 72.8 Å². The number of phenolic OH excluding ortho intramolecular Hbond substituents is 2. The summed E-state index contributed by atoms with van der Waals surface area (Å²) in [6.45, 7) is 0. The molecule has 0 saturated carbocycles. The van der Waals surface area contributed by atoms with Crippen LogP contribution in [-0.2, 0) is 0 Å². The van der Waals surface area contributed by atoms with Gasteiger partial charge in [0.1, 0.15) is 11.5 Å². The maximum Gasteiger partial charge on any atom is 0.131 e. The summed E-state index contributed by atoms with van der Waals surface area (Å²) in [4.78, 5) is 0. The second-order valence-corrected chi connectivity index (χ2v) is 5.75. The average molecular weight is 312 g/mol. The van der Waals surface area contributed by atoms with Gasteiger partial charge in [-0.25, -0.2) is 0 Å². The zero-order chi connectivity index (χ0) is 16.5. The summed E-state index contributed by atoms with van der Waals surface area (Å²) in [6, 6.07) is 26.9. The van der Waals surface area contributed by atoms with Crippen molar-refractivity contribution in [2.75, 3.05) is 0 Å². The van der Waals surface area contributed by atoms with Crippen LogP contribution < -0.4 is 0 Å². The molecule has 0 atom stereocenters. The molecule has 4 aromatic carbocycles. The molecule has 4 aromatic rings. The number of hydrogen-bond acceptors (Lipinski definition) is 2. The van der Waals surface area contributed by atoms with Gasteiger partial charge in [0.2, 0.25) is 0 Å². The second kappa shape index (κ2) is 5.74. The van der Waals surface area contributed by atoms with Crippen LogP contribution in [0.3, 0.4) is 0 Å². The molecule has 0 aromatic heterocycles. The normalized spacial score (nSPS) is 10.8. The molecule has 0 heterocycles. The molecular weight excluding hydrogens is 296 g/mol. The van der Waals surface area contributed by atoms with Gasteiger partial charge in [0.15, 0.2) is 0 Å². The van der Waals surface area contributed by atoms with E-state index in [0.717, 1.165) is 22.3 Å². The van der Waals surface area contributed by atoms with Crippen LogP contribution in [0.5, 0.6) is 11.5 Å². The van der Waals surface area contributed by atoms with Crippen molar-refractivity contribution in [2.45, 2.75) is 0 Å². The number of phenols is 2. The molecule has 0 aliphatic rings. The van der Waals surface area contributed by atoms with Crippen LogP contribution in [0.25, 0.3) is 33.0 Å². The predicted molar refractivity (Wildman–Crippen MR) is 98.1 cm³/mol. The molecule has 2 nitrogen and oxygen atoms in total. The lowest BCUT2D eigenvalue weighted by Crippen LogP contribution is -1.89. The number of fused-ring (bicyclic) bond motifs is 1. The van der Waals surface area contributed by atoms with Crippen molar-refractivity contribution in [1.29, 1.82) is 0 Å². The molecule has 0 unspecified atom stereocenters. The van der Waals surface area contributed by atoms with Gasteiger partial charge < -0.3 is 10.2 Å². The second-order valence-electron chi connectivity index (χ2n) is 5.75. The minimum absolute atomic E-state index is 0.166. The summed E-state index contributed by atoms with van der Waals surface area (Å²) in [5.41, 5.74) is 3.61. The van der Waals surface area contributed by atoms with E-state index < -0.39 is 0 Å². The van der Waals surface area contributed by atoms with E-state index >= 15 is 0 Å². The minimum atomic E-state index is 0.166. The third kappa shape index (κ3) is 2.29. The Bertz CT molecular complexity index is 1010. The van der Waals surface area contributed by atoms with E-state index in [2.05, 4.69) is 0 Å². The van der Waals surface area contributed by atoms with Crippen LogP contribution in [0.15, 0.2) is 84.9 Å². The number of rotatable bonds is 2. The summed E-state index contributed by atoms with van der Waals surface area (Å²) in [6.07, 6.45) is 0. The Morgan fingerprint density at radius 2 is 1.17 bits per heavy atom. The van der Waals surface area contributed by atoms with Gasteiger partial charge in [-0.05, 0) is 28.8 Å². The zero-order valence-electron chi connectivity index (χ0n) is 13.0. The Hall–Kier alpha value is -3.26. The molecule has 4 rings (SSSR count). The molecule has 116 valence electrons. The molecule has 0 spiro atoms. The first-order chi connectivity index (χ1) is 11.8. The van der Waals surface area contributed by atoms with Gasteiger partial charge in [0, 0.05) is 16.3 Å². The molecule has 0 amide bonds. The van der Waals surface area contributed by atoms with Crippen molar-refractivity contribution in [3.63, 3.8) is 0 Å². The third-order valence-electron chi connectivity index (χ3n) is 4.28. The Morgan fingerprint density at radius 1 is 0.542 bits per heavy atom. The molecule has 24 heavy (non-hydrogen) atoms. The summed E-state index contributed by atoms with van der Waals surface area (Å²) >= 11 is 0. The molecular formula is C22H16O2. The Kier molecular flexibility index (Phi) is 3.43. The molecule has 0 saturated heterocycles. The Balaban J connectivity index is 2.14. The first-order valence-electron chi connectivity index (χ1n) is 7.84. The standard InChI is InChI=1S/C22H16O2/c23-20-13-7-12-17-19(20)14-18(15-8-3-1-4-9-15)21(22(17)24)16-10-5-2-6-11-16/h1-14,23-24H. The lowest BCUT2D eigenvalue weighted by Gasteiger charge is -2.16. The highest BCUT2D eigenvalue weighted by Gasteiger charge is 2.17. The van der Waals surface area contributed by atoms with Crippen molar-refractivity contribution in [1.82, 2.24) is 0 Å². The van der Waals surface area contributed by atoms with Crippen molar-refractivity contribution in [3.8, 4) is 33.8 Å². The van der Waals surface area contributed by atoms with Crippen LogP contribution in [-0.4, -0.2) is 10.2 Å². The van der Waals surface area contributed by atoms with Crippen molar-refractivity contribution >= 4 is 10.8 Å². The highest BCUT2D eigenvalue weighted by molar-refractivity contribution is 6.04. The summed E-state index contributed by atoms with van der Waals surface area (Å²) in [7, 11) is 0. The number of aromatic hydroxyl groups is 2. The van der Waals surface area contributed by atoms with Gasteiger partial charge >= 0.3 is 0 Å². The number of hydrogen-bond donors (Lipinski definition) is 2. The molecule has 0 bridgehead atoms. The largest absolute Gasteiger partial charge is 0.507 e. The fourth-order valence-electron chi connectivity index (χ4n) is 3.13. The topological polar surface area (TPSA) is 40.5 Å². The summed E-state index contributed by atoms with van der Waals surface area (Å²) in [5, 5.41) is 22.5. The van der Waals surface area contributed by atoms with E-state index in [1.165, 1.54) is 0 Å².